The number of rotatable bonds is 8. The quantitative estimate of drug-likeness (QED) is 0.702. The molecule has 1 aliphatic rings. The van der Waals surface area contributed by atoms with Gasteiger partial charge >= 0.3 is 0 Å². The molecule has 0 aromatic heterocycles. The van der Waals surface area contributed by atoms with Gasteiger partial charge in [0.15, 0.2) is 0 Å². The van der Waals surface area contributed by atoms with Gasteiger partial charge in [0, 0.05) is 25.2 Å². The zero-order chi connectivity index (χ0) is 20.8. The molecule has 0 radical (unpaired) electrons. The number of nitrogens with zero attached hydrogens (tertiary/aromatic N) is 1. The zero-order valence-electron chi connectivity index (χ0n) is 17.8. The topological polar surface area (TPSA) is 80.3 Å². The summed E-state index contributed by atoms with van der Waals surface area (Å²) in [5, 5.41) is 13.5. The summed E-state index contributed by atoms with van der Waals surface area (Å²) in [6.45, 7) is 9.65. The number of carbonyl (C=O) groups is 1. The van der Waals surface area contributed by atoms with E-state index < -0.39 is 6.10 Å². The molecule has 0 bridgehead atoms. The Hall–Kier alpha value is -1.83. The summed E-state index contributed by atoms with van der Waals surface area (Å²) < 4.78 is 16.3. The summed E-state index contributed by atoms with van der Waals surface area (Å²) >= 11 is 0. The second kappa shape index (κ2) is 10.1. The molecule has 1 saturated heterocycles. The molecule has 2 N–H and O–H groups in total. The van der Waals surface area contributed by atoms with Crippen molar-refractivity contribution in [3.05, 3.63) is 23.8 Å². The number of carbonyl (C=O) groups excluding carboxylic acids is 1. The first kappa shape index (κ1) is 22.5. The van der Waals surface area contributed by atoms with Gasteiger partial charge in [-0.25, -0.2) is 0 Å². The molecule has 7 heteroatoms. The van der Waals surface area contributed by atoms with Gasteiger partial charge in [-0.15, -0.1) is 0 Å². The number of aliphatic hydroxyl groups is 1. The molecule has 28 heavy (non-hydrogen) atoms. The standard InChI is InChI=1S/C21H34N2O5/c1-13(2)20(23-11-14(3)28-15(4)12-23)21(25)22-10-18(24)17-9-16(26-5)7-8-19(17)27-6/h7-9,13-15,18,20,24H,10-12H2,1-6H3,(H,22,25). The minimum Gasteiger partial charge on any atom is -0.497 e. The lowest BCUT2D eigenvalue weighted by molar-refractivity contribution is -0.135. The predicted octanol–water partition coefficient (Wildman–Crippen LogP) is 1.99. The molecule has 4 atom stereocenters. The van der Waals surface area contributed by atoms with Crippen molar-refractivity contribution in [1.29, 1.82) is 0 Å². The van der Waals surface area contributed by atoms with Crippen LogP contribution < -0.4 is 14.8 Å². The summed E-state index contributed by atoms with van der Waals surface area (Å²) in [5.74, 6) is 1.23. The third kappa shape index (κ3) is 5.59. The molecule has 158 valence electrons. The van der Waals surface area contributed by atoms with Crippen LogP contribution in [0.1, 0.15) is 39.4 Å². The van der Waals surface area contributed by atoms with Crippen LogP contribution in [0.25, 0.3) is 0 Å². The lowest BCUT2D eigenvalue weighted by Crippen LogP contribution is -2.57. The van der Waals surface area contributed by atoms with Gasteiger partial charge in [-0.1, -0.05) is 13.8 Å². The minimum absolute atomic E-state index is 0.0859. The Labute approximate surface area is 168 Å². The van der Waals surface area contributed by atoms with Crippen LogP contribution in [0.4, 0.5) is 0 Å². The van der Waals surface area contributed by atoms with Crippen molar-refractivity contribution in [3.63, 3.8) is 0 Å². The normalized spacial score (nSPS) is 22.6. The van der Waals surface area contributed by atoms with Gasteiger partial charge in [0.05, 0.1) is 38.6 Å². The lowest BCUT2D eigenvalue weighted by atomic mass is 9.99. The molecule has 1 heterocycles. The second-order valence-electron chi connectivity index (χ2n) is 7.77. The third-order valence-electron chi connectivity index (χ3n) is 5.01. The average molecular weight is 395 g/mol. The molecule has 0 aliphatic carbocycles. The van der Waals surface area contributed by atoms with Crippen molar-refractivity contribution in [2.75, 3.05) is 33.9 Å². The number of morpholine rings is 1. The first-order valence-electron chi connectivity index (χ1n) is 9.84. The van der Waals surface area contributed by atoms with Crippen molar-refractivity contribution >= 4 is 5.91 Å². The summed E-state index contributed by atoms with van der Waals surface area (Å²) in [6.07, 6.45) is -0.724. The fraction of sp³-hybridized carbons (Fsp3) is 0.667. The van der Waals surface area contributed by atoms with Gasteiger partial charge in [0.1, 0.15) is 11.5 Å². The maximum absolute atomic E-state index is 12.9. The van der Waals surface area contributed by atoms with Gasteiger partial charge in [-0.3, -0.25) is 9.69 Å². The Morgan fingerprint density at radius 3 is 2.43 bits per heavy atom. The number of benzene rings is 1. The molecule has 7 nitrogen and oxygen atoms in total. The smallest absolute Gasteiger partial charge is 0.237 e. The van der Waals surface area contributed by atoms with E-state index in [0.29, 0.717) is 30.2 Å². The number of ether oxygens (including phenoxy) is 3. The van der Waals surface area contributed by atoms with E-state index in [4.69, 9.17) is 14.2 Å². The highest BCUT2D eigenvalue weighted by Crippen LogP contribution is 2.29. The predicted molar refractivity (Wildman–Crippen MR) is 108 cm³/mol. The molecule has 1 aromatic carbocycles. The molecule has 0 saturated carbocycles. The first-order valence-corrected chi connectivity index (χ1v) is 9.84. The molecule has 1 aromatic rings. The van der Waals surface area contributed by atoms with E-state index >= 15 is 0 Å². The monoisotopic (exact) mass is 394 g/mol. The fourth-order valence-electron chi connectivity index (χ4n) is 3.85. The van der Waals surface area contributed by atoms with E-state index in [-0.39, 0.29) is 36.6 Å². The van der Waals surface area contributed by atoms with Crippen molar-refractivity contribution in [1.82, 2.24) is 10.2 Å². The van der Waals surface area contributed by atoms with Gasteiger partial charge in [-0.05, 0) is 38.0 Å². The lowest BCUT2D eigenvalue weighted by Gasteiger charge is -2.41. The average Bonchev–Trinajstić information content (AvgIpc) is 2.64. The van der Waals surface area contributed by atoms with Crippen LogP contribution in [0.5, 0.6) is 11.5 Å². The van der Waals surface area contributed by atoms with Crippen LogP contribution in [0.2, 0.25) is 0 Å². The third-order valence-corrected chi connectivity index (χ3v) is 5.01. The maximum Gasteiger partial charge on any atom is 0.237 e. The number of nitrogens with one attached hydrogen (secondary N) is 1. The Morgan fingerprint density at radius 1 is 1.25 bits per heavy atom. The van der Waals surface area contributed by atoms with Crippen LogP contribution in [-0.2, 0) is 9.53 Å². The van der Waals surface area contributed by atoms with E-state index in [9.17, 15) is 9.90 Å². The van der Waals surface area contributed by atoms with Crippen molar-refractivity contribution in [2.45, 2.75) is 52.0 Å². The highest BCUT2D eigenvalue weighted by atomic mass is 16.5. The summed E-state index contributed by atoms with van der Waals surface area (Å²) in [4.78, 5) is 15.1. The fourth-order valence-corrected chi connectivity index (χ4v) is 3.85. The van der Waals surface area contributed by atoms with E-state index in [0.717, 1.165) is 0 Å². The molecule has 1 aliphatic heterocycles. The Balaban J connectivity index is 2.06. The SMILES string of the molecule is COc1ccc(OC)c(C(O)CNC(=O)C(C(C)C)N2CC(C)OC(C)C2)c1. The summed E-state index contributed by atoms with van der Waals surface area (Å²) in [6, 6.07) is 4.96. The van der Waals surface area contributed by atoms with Gasteiger partial charge < -0.3 is 24.6 Å². The minimum atomic E-state index is -0.899. The van der Waals surface area contributed by atoms with Crippen molar-refractivity contribution in [3.8, 4) is 11.5 Å². The molecular weight excluding hydrogens is 360 g/mol. The van der Waals surface area contributed by atoms with E-state index in [1.807, 2.05) is 27.7 Å². The number of methoxy groups -OCH3 is 2. The van der Waals surface area contributed by atoms with Crippen LogP contribution in [0.3, 0.4) is 0 Å². The van der Waals surface area contributed by atoms with Crippen LogP contribution in [0, 0.1) is 5.92 Å². The van der Waals surface area contributed by atoms with Gasteiger partial charge in [0.25, 0.3) is 0 Å². The van der Waals surface area contributed by atoms with Crippen molar-refractivity contribution in [2.24, 2.45) is 5.92 Å². The van der Waals surface area contributed by atoms with Gasteiger partial charge in [-0.2, -0.15) is 0 Å². The number of hydrogen-bond acceptors (Lipinski definition) is 6. The Bertz CT molecular complexity index is 642. The van der Waals surface area contributed by atoms with Crippen LogP contribution in [0.15, 0.2) is 18.2 Å². The van der Waals surface area contributed by atoms with Crippen LogP contribution >= 0.6 is 0 Å². The second-order valence-corrected chi connectivity index (χ2v) is 7.77. The number of hydrogen-bond donors (Lipinski definition) is 2. The van der Waals surface area contributed by atoms with Gasteiger partial charge in [0.2, 0.25) is 5.91 Å². The maximum atomic E-state index is 12.9. The summed E-state index contributed by atoms with van der Waals surface area (Å²) in [5.41, 5.74) is 0.580. The highest BCUT2D eigenvalue weighted by Gasteiger charge is 2.34. The van der Waals surface area contributed by atoms with Crippen LogP contribution in [-0.4, -0.2) is 68.0 Å². The summed E-state index contributed by atoms with van der Waals surface area (Å²) in [7, 11) is 3.11. The Kier molecular flexibility index (Phi) is 8.10. The molecular formula is C21H34N2O5. The van der Waals surface area contributed by atoms with E-state index in [1.165, 1.54) is 0 Å². The number of aliphatic hydroxyl groups excluding tert-OH is 1. The Morgan fingerprint density at radius 2 is 1.89 bits per heavy atom. The number of amides is 1. The largest absolute Gasteiger partial charge is 0.497 e. The molecule has 2 rings (SSSR count). The van der Waals surface area contributed by atoms with E-state index in [1.54, 1.807) is 32.4 Å². The first-order chi connectivity index (χ1) is 13.3. The molecule has 0 spiro atoms. The molecule has 4 unspecified atom stereocenters. The highest BCUT2D eigenvalue weighted by molar-refractivity contribution is 5.82. The van der Waals surface area contributed by atoms with Crippen molar-refractivity contribution < 1.29 is 24.1 Å². The zero-order valence-corrected chi connectivity index (χ0v) is 17.8. The molecule has 1 fully saturated rings. The molecule has 1 amide bonds. The van der Waals surface area contributed by atoms with E-state index in [2.05, 4.69) is 10.2 Å².